The fourth-order valence-electron chi connectivity index (χ4n) is 2.61. The van der Waals surface area contributed by atoms with Crippen molar-refractivity contribution in [2.45, 2.75) is 6.42 Å². The van der Waals surface area contributed by atoms with Crippen molar-refractivity contribution in [2.24, 2.45) is 0 Å². The van der Waals surface area contributed by atoms with Gasteiger partial charge in [0.25, 0.3) is 0 Å². The molecule has 0 atom stereocenters. The number of ether oxygens (including phenoxy) is 1. The summed E-state index contributed by atoms with van der Waals surface area (Å²) in [5.74, 6) is -0.802. The fourth-order valence-corrected chi connectivity index (χ4v) is 4.01. The van der Waals surface area contributed by atoms with Gasteiger partial charge in [0, 0.05) is 45.7 Å². The molecular weight excluding hydrogens is 336 g/mol. The van der Waals surface area contributed by atoms with Gasteiger partial charge in [0.2, 0.25) is 21.8 Å². The first-order valence-corrected chi connectivity index (χ1v) is 9.78. The molecule has 2 rings (SSSR count). The minimum absolute atomic E-state index is 0.0832. The van der Waals surface area contributed by atoms with Gasteiger partial charge in [-0.1, -0.05) is 0 Å². The molecule has 24 heavy (non-hydrogen) atoms. The summed E-state index contributed by atoms with van der Waals surface area (Å²) in [5.41, 5.74) is 0. The zero-order valence-corrected chi connectivity index (χ0v) is 14.9. The van der Waals surface area contributed by atoms with Crippen molar-refractivity contribution in [2.75, 3.05) is 71.8 Å². The normalized spacial score (nSPS) is 20.8. The number of amides is 2. The molecule has 0 saturated carbocycles. The number of nitrogens with one attached hydrogen (secondary N) is 1. The molecule has 2 aliphatic rings. The topological polar surface area (TPSA) is 99.3 Å². The summed E-state index contributed by atoms with van der Waals surface area (Å²) in [6.45, 7) is 4.26. The Morgan fingerprint density at radius 2 is 1.67 bits per heavy atom. The molecule has 0 aromatic rings. The van der Waals surface area contributed by atoms with Crippen molar-refractivity contribution in [3.8, 4) is 0 Å². The van der Waals surface area contributed by atoms with E-state index < -0.39 is 15.9 Å². The van der Waals surface area contributed by atoms with Crippen LogP contribution in [0.2, 0.25) is 0 Å². The van der Waals surface area contributed by atoms with E-state index in [1.807, 2.05) is 7.05 Å². The molecule has 0 spiro atoms. The second-order valence-electron chi connectivity index (χ2n) is 6.04. The Balaban J connectivity index is 1.68. The van der Waals surface area contributed by atoms with Crippen molar-refractivity contribution >= 4 is 21.8 Å². The fraction of sp³-hybridized carbons (Fsp3) is 0.857. The highest BCUT2D eigenvalue weighted by Crippen LogP contribution is 2.07. The molecule has 2 amide bonds. The highest BCUT2D eigenvalue weighted by atomic mass is 32.2. The molecule has 1 N–H and O–H groups in total. The first kappa shape index (κ1) is 19.1. The van der Waals surface area contributed by atoms with E-state index in [0.717, 1.165) is 13.1 Å². The van der Waals surface area contributed by atoms with Crippen LogP contribution >= 0.6 is 0 Å². The highest BCUT2D eigenvalue weighted by Gasteiger charge is 2.25. The first-order valence-electron chi connectivity index (χ1n) is 8.17. The molecule has 0 unspecified atom stereocenters. The van der Waals surface area contributed by atoms with E-state index in [4.69, 9.17) is 4.74 Å². The van der Waals surface area contributed by atoms with Gasteiger partial charge in [0.15, 0.2) is 0 Å². The third kappa shape index (κ3) is 5.69. The average molecular weight is 362 g/mol. The van der Waals surface area contributed by atoms with Gasteiger partial charge in [-0.25, -0.2) is 8.42 Å². The number of carbonyl (C=O) groups excluding carboxylic acids is 2. The highest BCUT2D eigenvalue weighted by molar-refractivity contribution is 7.89. The van der Waals surface area contributed by atoms with E-state index >= 15 is 0 Å². The van der Waals surface area contributed by atoms with Gasteiger partial charge in [0.05, 0.1) is 25.5 Å². The Hall–Kier alpha value is -1.23. The van der Waals surface area contributed by atoms with Gasteiger partial charge in [-0.3, -0.25) is 9.59 Å². The number of nitrogens with zero attached hydrogens (tertiary/aromatic N) is 3. The molecule has 2 aliphatic heterocycles. The number of likely N-dealkylation sites (N-methyl/N-ethyl adjacent to an activating group) is 1. The molecule has 2 fully saturated rings. The third-order valence-corrected chi connectivity index (χ3v) is 6.12. The number of morpholine rings is 1. The molecule has 0 aromatic carbocycles. The maximum absolute atomic E-state index is 12.1. The van der Waals surface area contributed by atoms with Crippen LogP contribution in [0.5, 0.6) is 0 Å². The molecular formula is C14H26N4O5S. The molecule has 2 saturated heterocycles. The molecule has 0 aliphatic carbocycles. The maximum atomic E-state index is 12.1. The van der Waals surface area contributed by atoms with E-state index in [-0.39, 0.29) is 24.6 Å². The predicted molar refractivity (Wildman–Crippen MR) is 87.9 cm³/mol. The van der Waals surface area contributed by atoms with Crippen LogP contribution in [0.1, 0.15) is 6.42 Å². The van der Waals surface area contributed by atoms with E-state index in [1.165, 1.54) is 4.31 Å². The first-order chi connectivity index (χ1) is 11.4. The summed E-state index contributed by atoms with van der Waals surface area (Å²) in [6, 6.07) is 0. The lowest BCUT2D eigenvalue weighted by atomic mass is 10.3. The minimum atomic E-state index is -3.45. The van der Waals surface area contributed by atoms with Gasteiger partial charge >= 0.3 is 0 Å². The number of carbonyl (C=O) groups is 2. The Kier molecular flexibility index (Phi) is 6.96. The second-order valence-corrected chi connectivity index (χ2v) is 8.13. The van der Waals surface area contributed by atoms with Crippen molar-refractivity contribution in [1.29, 1.82) is 0 Å². The standard InChI is InChI=1S/C14H26N4O5S/c1-16-3-5-17(6-4-16)14(20)12-15-13(19)2-11-24(21,22)18-7-9-23-10-8-18/h2-12H2,1H3,(H,15,19). The van der Waals surface area contributed by atoms with Crippen LogP contribution in [0.4, 0.5) is 0 Å². The molecule has 138 valence electrons. The van der Waals surface area contributed by atoms with E-state index in [1.54, 1.807) is 4.90 Å². The van der Waals surface area contributed by atoms with Crippen molar-refractivity contribution < 1.29 is 22.7 Å². The Bertz CT molecular complexity index is 539. The van der Waals surface area contributed by atoms with Crippen molar-refractivity contribution in [3.05, 3.63) is 0 Å². The zero-order chi connectivity index (χ0) is 17.6. The van der Waals surface area contributed by atoms with E-state index in [2.05, 4.69) is 10.2 Å². The number of hydrogen-bond donors (Lipinski definition) is 1. The SMILES string of the molecule is CN1CCN(C(=O)CNC(=O)CCS(=O)(=O)N2CCOCC2)CC1. The molecule has 0 bridgehead atoms. The molecule has 0 aromatic heterocycles. The van der Waals surface area contributed by atoms with Crippen molar-refractivity contribution in [1.82, 2.24) is 19.4 Å². The lowest BCUT2D eigenvalue weighted by molar-refractivity contribution is -0.134. The summed E-state index contributed by atoms with van der Waals surface area (Å²) in [7, 11) is -1.45. The smallest absolute Gasteiger partial charge is 0.242 e. The second kappa shape index (κ2) is 8.75. The zero-order valence-electron chi connectivity index (χ0n) is 14.1. The van der Waals surface area contributed by atoms with Gasteiger partial charge < -0.3 is 19.9 Å². The van der Waals surface area contributed by atoms with Crippen LogP contribution in [-0.2, 0) is 24.3 Å². The van der Waals surface area contributed by atoms with E-state index in [9.17, 15) is 18.0 Å². The quantitative estimate of drug-likeness (QED) is 0.583. The van der Waals surface area contributed by atoms with Crippen LogP contribution < -0.4 is 5.32 Å². The number of hydrogen-bond acceptors (Lipinski definition) is 6. The van der Waals surface area contributed by atoms with Gasteiger partial charge in [-0.05, 0) is 7.05 Å². The lowest BCUT2D eigenvalue weighted by Crippen LogP contribution is -2.50. The minimum Gasteiger partial charge on any atom is -0.379 e. The van der Waals surface area contributed by atoms with Gasteiger partial charge in [0.1, 0.15) is 0 Å². The third-order valence-electron chi connectivity index (χ3n) is 4.24. The molecule has 10 heteroatoms. The summed E-state index contributed by atoms with van der Waals surface area (Å²) >= 11 is 0. The van der Waals surface area contributed by atoms with Crippen LogP contribution in [0, 0.1) is 0 Å². The maximum Gasteiger partial charge on any atom is 0.242 e. The van der Waals surface area contributed by atoms with Crippen LogP contribution in [0.15, 0.2) is 0 Å². The summed E-state index contributed by atoms with van der Waals surface area (Å²) in [6.07, 6.45) is -0.143. The van der Waals surface area contributed by atoms with Crippen LogP contribution in [0.3, 0.4) is 0 Å². The summed E-state index contributed by atoms with van der Waals surface area (Å²) in [5, 5.41) is 2.52. The Morgan fingerprint density at radius 1 is 1.04 bits per heavy atom. The predicted octanol–water partition coefficient (Wildman–Crippen LogP) is -2.07. The van der Waals surface area contributed by atoms with Crippen LogP contribution in [0.25, 0.3) is 0 Å². The van der Waals surface area contributed by atoms with Gasteiger partial charge in [-0.15, -0.1) is 0 Å². The number of rotatable bonds is 6. The molecule has 0 radical (unpaired) electrons. The number of piperazine rings is 1. The molecule has 9 nitrogen and oxygen atoms in total. The van der Waals surface area contributed by atoms with Crippen LogP contribution in [-0.4, -0.2) is 106 Å². The van der Waals surface area contributed by atoms with E-state index in [0.29, 0.717) is 39.4 Å². The monoisotopic (exact) mass is 362 g/mol. The average Bonchev–Trinajstić information content (AvgIpc) is 2.59. The van der Waals surface area contributed by atoms with Crippen molar-refractivity contribution in [3.63, 3.8) is 0 Å². The summed E-state index contributed by atoms with van der Waals surface area (Å²) < 4.78 is 30.7. The largest absolute Gasteiger partial charge is 0.379 e. The Labute approximate surface area is 142 Å². The van der Waals surface area contributed by atoms with Gasteiger partial charge in [-0.2, -0.15) is 4.31 Å². The lowest BCUT2D eigenvalue weighted by Gasteiger charge is -2.32. The summed E-state index contributed by atoms with van der Waals surface area (Å²) in [4.78, 5) is 27.7. The number of sulfonamides is 1. The Morgan fingerprint density at radius 3 is 2.29 bits per heavy atom. The molecule has 2 heterocycles.